The van der Waals surface area contributed by atoms with Crippen molar-refractivity contribution in [2.45, 2.75) is 12.8 Å². The highest BCUT2D eigenvalue weighted by atomic mass is 32.1. The molecule has 0 spiro atoms. The fourth-order valence-corrected chi connectivity index (χ4v) is 3.12. The maximum atomic E-state index is 11.1. The molecule has 0 bridgehead atoms. The predicted molar refractivity (Wildman–Crippen MR) is 62.7 cm³/mol. The summed E-state index contributed by atoms with van der Waals surface area (Å²) in [6, 6.07) is 0. The van der Waals surface area contributed by atoms with Crippen LogP contribution in [-0.2, 0) is 12.8 Å². The van der Waals surface area contributed by atoms with E-state index in [2.05, 4.69) is 0 Å². The molecule has 7 heteroatoms. The van der Waals surface area contributed by atoms with Gasteiger partial charge in [0.2, 0.25) is 0 Å². The molecule has 2 rings (SSSR count). The Morgan fingerprint density at radius 2 is 1.88 bits per heavy atom. The molecular weight excluding hydrogens is 244 g/mol. The molecule has 0 saturated heterocycles. The number of aromatic carboxylic acids is 1. The topological polar surface area (TPSA) is 104 Å². The lowest BCUT2D eigenvalue weighted by atomic mass is 10.1. The molecule has 0 radical (unpaired) electrons. The quantitative estimate of drug-likeness (QED) is 0.698. The number of fused-ring (bicyclic) bond motifs is 1. The number of thiophene rings is 1. The van der Waals surface area contributed by atoms with Crippen LogP contribution in [0.5, 0.6) is 0 Å². The summed E-state index contributed by atoms with van der Waals surface area (Å²) < 4.78 is 0. The number of hydrogen-bond acceptors (Lipinski definition) is 4. The average molecular weight is 256 g/mol. The average Bonchev–Trinajstić information content (AvgIpc) is 2.42. The molecule has 0 saturated carbocycles. The lowest BCUT2D eigenvalue weighted by Gasteiger charge is -2.15. The van der Waals surface area contributed by atoms with Crippen molar-refractivity contribution in [1.29, 1.82) is 0 Å². The Bertz CT molecular complexity index is 483. The molecule has 1 aliphatic rings. The molecule has 0 fully saturated rings. The van der Waals surface area contributed by atoms with Crippen molar-refractivity contribution in [3.8, 4) is 0 Å². The Balaban J connectivity index is 2.33. The number of nitrogen functional groups attached to an aromatic ring is 1. The fourth-order valence-electron chi connectivity index (χ4n) is 2.02. The summed E-state index contributed by atoms with van der Waals surface area (Å²) in [5.41, 5.74) is 6.52. The molecule has 4 N–H and O–H groups in total. The van der Waals surface area contributed by atoms with E-state index in [0.717, 1.165) is 4.88 Å². The number of anilines is 1. The largest absolute Gasteiger partial charge is 0.478 e. The van der Waals surface area contributed by atoms with E-state index in [1.165, 1.54) is 16.2 Å². The molecule has 0 aliphatic carbocycles. The van der Waals surface area contributed by atoms with Gasteiger partial charge in [-0.2, -0.15) is 0 Å². The number of rotatable bonds is 1. The van der Waals surface area contributed by atoms with E-state index in [-0.39, 0.29) is 5.56 Å². The number of carboxylic acid groups (broad SMARTS) is 2. The monoisotopic (exact) mass is 256 g/mol. The van der Waals surface area contributed by atoms with E-state index < -0.39 is 12.1 Å². The highest BCUT2D eigenvalue weighted by molar-refractivity contribution is 7.16. The van der Waals surface area contributed by atoms with Crippen LogP contribution in [0.4, 0.5) is 9.80 Å². The highest BCUT2D eigenvalue weighted by Crippen LogP contribution is 2.33. The van der Waals surface area contributed by atoms with E-state index >= 15 is 0 Å². The summed E-state index contributed by atoms with van der Waals surface area (Å²) in [5, 5.41) is 18.3. The SMILES string of the molecule is Nc1sc2c(c1C(=O)O)CCN(C(=O)O)CC2. The predicted octanol–water partition coefficient (Wildman–Crippen LogP) is 1.11. The first kappa shape index (κ1) is 11.7. The maximum absolute atomic E-state index is 11.1. The Hall–Kier alpha value is -1.76. The number of carbonyl (C=O) groups is 2. The molecule has 92 valence electrons. The molecule has 0 aromatic carbocycles. The molecule has 1 amide bonds. The zero-order chi connectivity index (χ0) is 12.6. The first-order valence-electron chi connectivity index (χ1n) is 5.12. The van der Waals surface area contributed by atoms with Gasteiger partial charge in [0, 0.05) is 18.0 Å². The van der Waals surface area contributed by atoms with Crippen LogP contribution in [0, 0.1) is 0 Å². The second-order valence-electron chi connectivity index (χ2n) is 3.82. The Morgan fingerprint density at radius 3 is 2.47 bits per heavy atom. The summed E-state index contributed by atoms with van der Waals surface area (Å²) >= 11 is 1.25. The maximum Gasteiger partial charge on any atom is 0.407 e. The smallest absolute Gasteiger partial charge is 0.407 e. The van der Waals surface area contributed by atoms with Gasteiger partial charge in [-0.05, 0) is 18.4 Å². The lowest BCUT2D eigenvalue weighted by Crippen LogP contribution is -2.31. The van der Waals surface area contributed by atoms with Gasteiger partial charge in [0.25, 0.3) is 0 Å². The molecule has 0 atom stereocenters. The van der Waals surface area contributed by atoms with Crippen LogP contribution < -0.4 is 5.73 Å². The van der Waals surface area contributed by atoms with Gasteiger partial charge in [-0.25, -0.2) is 9.59 Å². The van der Waals surface area contributed by atoms with Crippen LogP contribution in [-0.4, -0.2) is 40.3 Å². The van der Waals surface area contributed by atoms with Crippen molar-refractivity contribution in [2.24, 2.45) is 0 Å². The molecule has 6 nitrogen and oxygen atoms in total. The van der Waals surface area contributed by atoms with E-state index in [9.17, 15) is 9.59 Å². The molecular formula is C10H12N2O4S. The highest BCUT2D eigenvalue weighted by Gasteiger charge is 2.26. The lowest BCUT2D eigenvalue weighted by molar-refractivity contribution is 0.0697. The number of hydrogen-bond donors (Lipinski definition) is 3. The fraction of sp³-hybridized carbons (Fsp3) is 0.400. The first-order chi connectivity index (χ1) is 8.00. The second kappa shape index (κ2) is 4.25. The van der Waals surface area contributed by atoms with Gasteiger partial charge >= 0.3 is 12.1 Å². The van der Waals surface area contributed by atoms with E-state index in [1.54, 1.807) is 0 Å². The van der Waals surface area contributed by atoms with Gasteiger partial charge in [0.1, 0.15) is 5.00 Å². The standard InChI is InChI=1S/C10H12N2O4S/c11-8-7(9(13)14)5-1-3-12(10(15)16)4-2-6(5)17-8/h1-4,11H2,(H,13,14)(H,15,16). The Labute approximate surface area is 101 Å². The third kappa shape index (κ3) is 2.05. The molecule has 0 unspecified atom stereocenters. The number of nitrogens with zero attached hydrogens (tertiary/aromatic N) is 1. The number of nitrogens with two attached hydrogens (primary N) is 1. The first-order valence-corrected chi connectivity index (χ1v) is 5.93. The van der Waals surface area contributed by atoms with E-state index in [0.29, 0.717) is 36.5 Å². The van der Waals surface area contributed by atoms with Crippen LogP contribution in [0.15, 0.2) is 0 Å². The molecule has 17 heavy (non-hydrogen) atoms. The third-order valence-electron chi connectivity index (χ3n) is 2.84. The molecule has 1 aromatic rings. The van der Waals surface area contributed by atoms with Gasteiger partial charge in [0.15, 0.2) is 0 Å². The second-order valence-corrected chi connectivity index (χ2v) is 4.95. The minimum Gasteiger partial charge on any atom is -0.478 e. The van der Waals surface area contributed by atoms with Crippen LogP contribution in [0.1, 0.15) is 20.8 Å². The van der Waals surface area contributed by atoms with Crippen LogP contribution in [0.3, 0.4) is 0 Å². The van der Waals surface area contributed by atoms with Crippen molar-refractivity contribution >= 4 is 28.4 Å². The summed E-state index contributed by atoms with van der Waals surface area (Å²) in [4.78, 5) is 24.1. The minimum atomic E-state index is -1.04. The molecule has 2 heterocycles. The van der Waals surface area contributed by atoms with Gasteiger partial charge < -0.3 is 20.8 Å². The summed E-state index contributed by atoms with van der Waals surface area (Å²) in [7, 11) is 0. The Kier molecular flexibility index (Phi) is 2.93. The Morgan fingerprint density at radius 1 is 1.24 bits per heavy atom. The van der Waals surface area contributed by atoms with Gasteiger partial charge in [-0.3, -0.25) is 0 Å². The van der Waals surface area contributed by atoms with Crippen LogP contribution >= 0.6 is 11.3 Å². The van der Waals surface area contributed by atoms with E-state index in [4.69, 9.17) is 15.9 Å². The van der Waals surface area contributed by atoms with Crippen molar-refractivity contribution in [1.82, 2.24) is 4.90 Å². The van der Waals surface area contributed by atoms with E-state index in [1.807, 2.05) is 0 Å². The minimum absolute atomic E-state index is 0.150. The van der Waals surface area contributed by atoms with Gasteiger partial charge in [-0.1, -0.05) is 0 Å². The number of carboxylic acids is 1. The zero-order valence-electron chi connectivity index (χ0n) is 8.97. The molecule has 1 aromatic heterocycles. The molecule has 1 aliphatic heterocycles. The van der Waals surface area contributed by atoms with Gasteiger partial charge in [-0.15, -0.1) is 11.3 Å². The van der Waals surface area contributed by atoms with Gasteiger partial charge in [0.05, 0.1) is 5.56 Å². The summed E-state index contributed by atoms with van der Waals surface area (Å²) in [6.07, 6.45) is -0.0224. The van der Waals surface area contributed by atoms with Crippen LogP contribution in [0.2, 0.25) is 0 Å². The zero-order valence-corrected chi connectivity index (χ0v) is 9.79. The van der Waals surface area contributed by atoms with Crippen molar-refractivity contribution < 1.29 is 19.8 Å². The normalized spacial score (nSPS) is 15.2. The van der Waals surface area contributed by atoms with Crippen molar-refractivity contribution in [3.63, 3.8) is 0 Å². The summed E-state index contributed by atoms with van der Waals surface area (Å²) in [5.74, 6) is -1.04. The van der Waals surface area contributed by atoms with Crippen molar-refractivity contribution in [3.05, 3.63) is 16.0 Å². The van der Waals surface area contributed by atoms with Crippen molar-refractivity contribution in [2.75, 3.05) is 18.8 Å². The van der Waals surface area contributed by atoms with Crippen LogP contribution in [0.25, 0.3) is 0 Å². The number of amides is 1. The third-order valence-corrected chi connectivity index (χ3v) is 3.96. The summed E-state index contributed by atoms with van der Waals surface area (Å²) in [6.45, 7) is 0.708.